The molecule has 0 radical (unpaired) electrons. The maximum atomic E-state index is 9.25. The lowest BCUT2D eigenvalue weighted by molar-refractivity contribution is 0.230. The first-order chi connectivity index (χ1) is 10.1. The van der Waals surface area contributed by atoms with Crippen LogP contribution in [0.3, 0.4) is 0 Å². The summed E-state index contributed by atoms with van der Waals surface area (Å²) in [5.74, 6) is 1.74. The van der Waals surface area contributed by atoms with Gasteiger partial charge in [-0.2, -0.15) is 0 Å². The van der Waals surface area contributed by atoms with Gasteiger partial charge in [-0.3, -0.25) is 0 Å². The Bertz CT molecular complexity index is 579. The first-order valence-electron chi connectivity index (χ1n) is 6.95. The summed E-state index contributed by atoms with van der Waals surface area (Å²) in [6.45, 7) is 4.64. The highest BCUT2D eigenvalue weighted by Gasteiger charge is 2.07. The smallest absolute Gasteiger partial charge is 0.161 e. The molecule has 2 rings (SSSR count). The number of rotatable bonds is 6. The van der Waals surface area contributed by atoms with Crippen molar-refractivity contribution in [2.75, 3.05) is 12.4 Å². The van der Waals surface area contributed by atoms with Crippen molar-refractivity contribution in [2.24, 2.45) is 0 Å². The second kappa shape index (κ2) is 6.88. The van der Waals surface area contributed by atoms with E-state index in [2.05, 4.69) is 5.32 Å². The van der Waals surface area contributed by atoms with E-state index in [1.807, 2.05) is 44.2 Å². The highest BCUT2D eigenvalue weighted by molar-refractivity contribution is 5.48. The lowest BCUT2D eigenvalue weighted by Gasteiger charge is -2.15. The van der Waals surface area contributed by atoms with E-state index in [-0.39, 0.29) is 11.9 Å². The van der Waals surface area contributed by atoms with Crippen LogP contribution in [-0.2, 0) is 6.54 Å². The molecule has 2 aromatic rings. The number of aromatic hydroxyl groups is 1. The van der Waals surface area contributed by atoms with Crippen molar-refractivity contribution in [1.82, 2.24) is 0 Å². The van der Waals surface area contributed by atoms with E-state index in [1.54, 1.807) is 19.2 Å². The quantitative estimate of drug-likeness (QED) is 0.793. The molecule has 2 N–H and O–H groups in total. The summed E-state index contributed by atoms with van der Waals surface area (Å²) in [6, 6.07) is 12.9. The van der Waals surface area contributed by atoms with Gasteiger partial charge in [-0.1, -0.05) is 6.07 Å². The molecule has 0 fully saturated rings. The minimum absolute atomic E-state index is 0.111. The summed E-state index contributed by atoms with van der Waals surface area (Å²) < 4.78 is 11.1. The van der Waals surface area contributed by atoms with Gasteiger partial charge in [-0.05, 0) is 55.8 Å². The van der Waals surface area contributed by atoms with Crippen LogP contribution in [0.1, 0.15) is 19.4 Å². The van der Waals surface area contributed by atoms with Gasteiger partial charge in [-0.15, -0.1) is 0 Å². The number of anilines is 1. The predicted octanol–water partition coefficient (Wildman–Crippen LogP) is 3.80. The SMILES string of the molecule is COc1cc(CNc2ccc(O)cc2)ccc1OC(C)C. The van der Waals surface area contributed by atoms with Crippen molar-refractivity contribution >= 4 is 5.69 Å². The van der Waals surface area contributed by atoms with Crippen molar-refractivity contribution in [1.29, 1.82) is 0 Å². The molecule has 21 heavy (non-hydrogen) atoms. The number of ether oxygens (including phenoxy) is 2. The summed E-state index contributed by atoms with van der Waals surface area (Å²) in [5.41, 5.74) is 2.05. The molecule has 4 nitrogen and oxygen atoms in total. The molecule has 0 aliphatic rings. The van der Waals surface area contributed by atoms with Crippen LogP contribution < -0.4 is 14.8 Å². The normalized spacial score (nSPS) is 10.5. The van der Waals surface area contributed by atoms with Gasteiger partial charge in [0.2, 0.25) is 0 Å². The predicted molar refractivity (Wildman–Crippen MR) is 84.2 cm³/mol. The number of benzene rings is 2. The second-order valence-electron chi connectivity index (χ2n) is 5.05. The Morgan fingerprint density at radius 1 is 1.05 bits per heavy atom. The zero-order chi connectivity index (χ0) is 15.2. The average Bonchev–Trinajstić information content (AvgIpc) is 2.47. The van der Waals surface area contributed by atoms with Crippen molar-refractivity contribution < 1.29 is 14.6 Å². The Hall–Kier alpha value is -2.36. The van der Waals surface area contributed by atoms with Crippen molar-refractivity contribution in [3.63, 3.8) is 0 Å². The highest BCUT2D eigenvalue weighted by atomic mass is 16.5. The minimum atomic E-state index is 0.111. The van der Waals surface area contributed by atoms with Gasteiger partial charge in [0, 0.05) is 12.2 Å². The maximum Gasteiger partial charge on any atom is 0.161 e. The molecule has 0 unspecified atom stereocenters. The average molecular weight is 287 g/mol. The van der Waals surface area contributed by atoms with Gasteiger partial charge in [0.1, 0.15) is 5.75 Å². The number of hydrogen-bond acceptors (Lipinski definition) is 4. The van der Waals surface area contributed by atoms with E-state index in [9.17, 15) is 5.11 Å². The Morgan fingerprint density at radius 2 is 1.76 bits per heavy atom. The van der Waals surface area contributed by atoms with Crippen LogP contribution in [0.4, 0.5) is 5.69 Å². The van der Waals surface area contributed by atoms with E-state index in [4.69, 9.17) is 9.47 Å². The molecule has 0 saturated carbocycles. The number of phenols is 1. The third-order valence-electron chi connectivity index (χ3n) is 2.95. The molecular formula is C17H21NO3. The van der Waals surface area contributed by atoms with Crippen molar-refractivity contribution in [3.8, 4) is 17.2 Å². The van der Waals surface area contributed by atoms with E-state index in [0.29, 0.717) is 6.54 Å². The summed E-state index contributed by atoms with van der Waals surface area (Å²) in [7, 11) is 1.64. The monoisotopic (exact) mass is 287 g/mol. The van der Waals surface area contributed by atoms with Gasteiger partial charge >= 0.3 is 0 Å². The fraction of sp³-hybridized carbons (Fsp3) is 0.294. The number of methoxy groups -OCH3 is 1. The number of nitrogens with one attached hydrogen (secondary N) is 1. The Labute approximate surface area is 125 Å². The first kappa shape index (κ1) is 15.0. The number of hydrogen-bond donors (Lipinski definition) is 2. The Balaban J connectivity index is 2.05. The van der Waals surface area contributed by atoms with E-state index in [1.165, 1.54) is 0 Å². The second-order valence-corrected chi connectivity index (χ2v) is 5.05. The van der Waals surface area contributed by atoms with Crippen molar-refractivity contribution in [2.45, 2.75) is 26.5 Å². The molecule has 0 aliphatic heterocycles. The van der Waals surface area contributed by atoms with Crippen LogP contribution in [0.2, 0.25) is 0 Å². The van der Waals surface area contributed by atoms with Crippen LogP contribution in [0.25, 0.3) is 0 Å². The molecule has 0 amide bonds. The van der Waals surface area contributed by atoms with Gasteiger partial charge in [0.05, 0.1) is 13.2 Å². The highest BCUT2D eigenvalue weighted by Crippen LogP contribution is 2.29. The van der Waals surface area contributed by atoms with Crippen LogP contribution >= 0.6 is 0 Å². The third-order valence-corrected chi connectivity index (χ3v) is 2.95. The molecule has 2 aromatic carbocycles. The summed E-state index contributed by atoms with van der Waals surface area (Å²) in [4.78, 5) is 0. The van der Waals surface area contributed by atoms with Gasteiger partial charge in [-0.25, -0.2) is 0 Å². The maximum absolute atomic E-state index is 9.25. The fourth-order valence-electron chi connectivity index (χ4n) is 1.96. The minimum Gasteiger partial charge on any atom is -0.508 e. The van der Waals surface area contributed by atoms with Crippen LogP contribution in [0, 0.1) is 0 Å². The van der Waals surface area contributed by atoms with E-state index >= 15 is 0 Å². The topological polar surface area (TPSA) is 50.7 Å². The number of phenolic OH excluding ortho intramolecular Hbond substituents is 1. The largest absolute Gasteiger partial charge is 0.508 e. The summed E-state index contributed by atoms with van der Waals surface area (Å²) >= 11 is 0. The molecule has 0 spiro atoms. The van der Waals surface area contributed by atoms with Crippen molar-refractivity contribution in [3.05, 3.63) is 48.0 Å². The van der Waals surface area contributed by atoms with E-state index in [0.717, 1.165) is 22.7 Å². The Morgan fingerprint density at radius 3 is 2.38 bits per heavy atom. The molecule has 0 aliphatic carbocycles. The summed E-state index contributed by atoms with van der Waals surface area (Å²) in [6.07, 6.45) is 0.111. The molecule has 0 heterocycles. The van der Waals surface area contributed by atoms with Crippen LogP contribution in [0.15, 0.2) is 42.5 Å². The lowest BCUT2D eigenvalue weighted by Crippen LogP contribution is -2.07. The Kier molecular flexibility index (Phi) is 4.93. The van der Waals surface area contributed by atoms with Gasteiger partial charge in [0.25, 0.3) is 0 Å². The summed E-state index contributed by atoms with van der Waals surface area (Å²) in [5, 5.41) is 12.5. The van der Waals surface area contributed by atoms with Gasteiger partial charge in [0.15, 0.2) is 11.5 Å². The molecule has 0 bridgehead atoms. The third kappa shape index (κ3) is 4.31. The zero-order valence-corrected chi connectivity index (χ0v) is 12.6. The first-order valence-corrected chi connectivity index (χ1v) is 6.95. The lowest BCUT2D eigenvalue weighted by atomic mass is 10.2. The standard InChI is InChI=1S/C17H21NO3/c1-12(2)21-16-9-4-13(10-17(16)20-3)11-18-14-5-7-15(19)8-6-14/h4-10,12,18-19H,11H2,1-3H3. The molecular weight excluding hydrogens is 266 g/mol. The molecule has 4 heteroatoms. The van der Waals surface area contributed by atoms with Crippen LogP contribution in [-0.4, -0.2) is 18.3 Å². The van der Waals surface area contributed by atoms with E-state index < -0.39 is 0 Å². The molecule has 0 aromatic heterocycles. The van der Waals surface area contributed by atoms with Gasteiger partial charge < -0.3 is 19.9 Å². The molecule has 0 atom stereocenters. The van der Waals surface area contributed by atoms with Crippen LogP contribution in [0.5, 0.6) is 17.2 Å². The molecule has 112 valence electrons. The molecule has 0 saturated heterocycles. The fourth-order valence-corrected chi connectivity index (χ4v) is 1.96. The zero-order valence-electron chi connectivity index (χ0n) is 12.6.